The molecular formula is C14H21BrN2O2. The fourth-order valence-corrected chi connectivity index (χ4v) is 2.43. The summed E-state index contributed by atoms with van der Waals surface area (Å²) in [6.45, 7) is 5.76. The number of aliphatic hydroxyl groups is 1. The molecule has 0 fully saturated rings. The maximum absolute atomic E-state index is 12.0. The Labute approximate surface area is 122 Å². The molecule has 0 aliphatic rings. The monoisotopic (exact) mass is 328 g/mol. The second-order valence-electron chi connectivity index (χ2n) is 4.53. The molecule has 106 valence electrons. The van der Waals surface area contributed by atoms with Crippen LogP contribution in [0, 0.1) is 6.92 Å². The molecule has 0 saturated heterocycles. The number of hydrogen-bond acceptors (Lipinski definition) is 3. The molecule has 0 spiro atoms. The van der Waals surface area contributed by atoms with Crippen molar-refractivity contribution in [1.82, 2.24) is 4.90 Å². The Kier molecular flexibility index (Phi) is 7.05. The van der Waals surface area contributed by atoms with Crippen molar-refractivity contribution >= 4 is 27.5 Å². The molecule has 5 heteroatoms. The second-order valence-corrected chi connectivity index (χ2v) is 5.39. The molecule has 0 bridgehead atoms. The summed E-state index contributed by atoms with van der Waals surface area (Å²) in [5.74, 6) is -0.0635. The van der Waals surface area contributed by atoms with Gasteiger partial charge in [0.2, 0.25) is 5.91 Å². The van der Waals surface area contributed by atoms with Crippen molar-refractivity contribution in [3.63, 3.8) is 0 Å². The summed E-state index contributed by atoms with van der Waals surface area (Å²) < 4.78 is 0.880. The van der Waals surface area contributed by atoms with Gasteiger partial charge in [0.1, 0.15) is 0 Å². The average Bonchev–Trinajstić information content (AvgIpc) is 2.33. The van der Waals surface area contributed by atoms with E-state index in [0.717, 1.165) is 28.7 Å². The number of benzene rings is 1. The predicted molar refractivity (Wildman–Crippen MR) is 81.3 cm³/mol. The summed E-state index contributed by atoms with van der Waals surface area (Å²) in [6, 6.07) is 5.80. The molecule has 4 nitrogen and oxygen atoms in total. The van der Waals surface area contributed by atoms with Crippen molar-refractivity contribution in [2.24, 2.45) is 0 Å². The maximum Gasteiger partial charge on any atom is 0.238 e. The minimum atomic E-state index is -0.0635. The Hall–Kier alpha value is -0.910. The SMILES string of the molecule is CCCN(CCO)CC(=O)Nc1ccc(C)cc1Br. The number of anilines is 1. The van der Waals surface area contributed by atoms with E-state index < -0.39 is 0 Å². The number of carbonyl (C=O) groups excluding carboxylic acids is 1. The number of halogens is 1. The lowest BCUT2D eigenvalue weighted by Gasteiger charge is -2.20. The number of aliphatic hydroxyl groups excluding tert-OH is 1. The van der Waals surface area contributed by atoms with E-state index in [4.69, 9.17) is 5.11 Å². The molecule has 2 N–H and O–H groups in total. The first kappa shape index (κ1) is 16.1. The number of rotatable bonds is 7. The fourth-order valence-electron chi connectivity index (χ4n) is 1.84. The van der Waals surface area contributed by atoms with Gasteiger partial charge in [-0.3, -0.25) is 9.69 Å². The van der Waals surface area contributed by atoms with Crippen molar-refractivity contribution in [1.29, 1.82) is 0 Å². The lowest BCUT2D eigenvalue weighted by atomic mass is 10.2. The highest BCUT2D eigenvalue weighted by atomic mass is 79.9. The molecule has 0 atom stereocenters. The highest BCUT2D eigenvalue weighted by molar-refractivity contribution is 9.10. The standard InChI is InChI=1S/C14H21BrN2O2/c1-3-6-17(7-8-18)10-14(19)16-13-5-4-11(2)9-12(13)15/h4-5,9,18H,3,6-8,10H2,1-2H3,(H,16,19). The number of nitrogens with one attached hydrogen (secondary N) is 1. The average molecular weight is 329 g/mol. The zero-order chi connectivity index (χ0) is 14.3. The van der Waals surface area contributed by atoms with Crippen molar-refractivity contribution in [3.8, 4) is 0 Å². The Morgan fingerprint density at radius 2 is 2.16 bits per heavy atom. The van der Waals surface area contributed by atoms with Crippen LogP contribution in [0.5, 0.6) is 0 Å². The first-order valence-corrected chi connectivity index (χ1v) is 7.25. The molecule has 0 aromatic heterocycles. The minimum Gasteiger partial charge on any atom is -0.395 e. The lowest BCUT2D eigenvalue weighted by Crippen LogP contribution is -2.35. The third-order valence-electron chi connectivity index (χ3n) is 2.72. The number of nitrogens with zero attached hydrogens (tertiary/aromatic N) is 1. The summed E-state index contributed by atoms with van der Waals surface area (Å²) in [4.78, 5) is 13.9. The van der Waals surface area contributed by atoms with Gasteiger partial charge in [-0.05, 0) is 53.5 Å². The second kappa shape index (κ2) is 8.30. The van der Waals surface area contributed by atoms with Crippen LogP contribution in [0.25, 0.3) is 0 Å². The first-order chi connectivity index (χ1) is 9.06. The zero-order valence-electron chi connectivity index (χ0n) is 11.4. The molecule has 1 rings (SSSR count). The largest absolute Gasteiger partial charge is 0.395 e. The van der Waals surface area contributed by atoms with Gasteiger partial charge in [0, 0.05) is 11.0 Å². The van der Waals surface area contributed by atoms with E-state index in [2.05, 4.69) is 28.2 Å². The lowest BCUT2D eigenvalue weighted by molar-refractivity contribution is -0.117. The van der Waals surface area contributed by atoms with Crippen LogP contribution in [-0.2, 0) is 4.79 Å². The van der Waals surface area contributed by atoms with Crippen molar-refractivity contribution in [2.45, 2.75) is 20.3 Å². The third-order valence-corrected chi connectivity index (χ3v) is 3.38. The Morgan fingerprint density at radius 3 is 2.74 bits per heavy atom. The van der Waals surface area contributed by atoms with E-state index in [1.165, 1.54) is 0 Å². The number of amides is 1. The van der Waals surface area contributed by atoms with Gasteiger partial charge in [-0.1, -0.05) is 13.0 Å². The topological polar surface area (TPSA) is 52.6 Å². The van der Waals surface area contributed by atoms with Crippen molar-refractivity contribution in [3.05, 3.63) is 28.2 Å². The van der Waals surface area contributed by atoms with Gasteiger partial charge in [-0.25, -0.2) is 0 Å². The van der Waals surface area contributed by atoms with Gasteiger partial charge in [-0.2, -0.15) is 0 Å². The summed E-state index contributed by atoms with van der Waals surface area (Å²) in [5.41, 5.74) is 1.91. The zero-order valence-corrected chi connectivity index (χ0v) is 13.0. The van der Waals surface area contributed by atoms with Crippen LogP contribution < -0.4 is 5.32 Å². The van der Waals surface area contributed by atoms with Gasteiger partial charge in [-0.15, -0.1) is 0 Å². The highest BCUT2D eigenvalue weighted by Gasteiger charge is 2.11. The predicted octanol–water partition coefficient (Wildman–Crippen LogP) is 2.40. The normalized spacial score (nSPS) is 10.8. The summed E-state index contributed by atoms with van der Waals surface area (Å²) >= 11 is 3.43. The van der Waals surface area contributed by atoms with Gasteiger partial charge in [0.25, 0.3) is 0 Å². The Morgan fingerprint density at radius 1 is 1.42 bits per heavy atom. The maximum atomic E-state index is 12.0. The molecule has 0 saturated carbocycles. The molecule has 0 heterocycles. The molecule has 1 aromatic rings. The minimum absolute atomic E-state index is 0.0635. The van der Waals surface area contributed by atoms with Gasteiger partial charge < -0.3 is 10.4 Å². The van der Waals surface area contributed by atoms with Gasteiger partial charge >= 0.3 is 0 Å². The summed E-state index contributed by atoms with van der Waals surface area (Å²) in [6.07, 6.45) is 0.960. The quantitative estimate of drug-likeness (QED) is 0.808. The summed E-state index contributed by atoms with van der Waals surface area (Å²) in [7, 11) is 0. The molecule has 1 amide bonds. The highest BCUT2D eigenvalue weighted by Crippen LogP contribution is 2.23. The smallest absolute Gasteiger partial charge is 0.238 e. The first-order valence-electron chi connectivity index (χ1n) is 6.46. The molecule has 0 radical (unpaired) electrons. The van der Waals surface area contributed by atoms with Crippen LogP contribution in [0.4, 0.5) is 5.69 Å². The van der Waals surface area contributed by atoms with E-state index in [1.54, 1.807) is 0 Å². The molecule has 19 heavy (non-hydrogen) atoms. The van der Waals surface area contributed by atoms with Crippen LogP contribution in [0.1, 0.15) is 18.9 Å². The number of aryl methyl sites for hydroxylation is 1. The van der Waals surface area contributed by atoms with Crippen LogP contribution >= 0.6 is 15.9 Å². The molecule has 0 aliphatic carbocycles. The van der Waals surface area contributed by atoms with E-state index in [1.807, 2.05) is 30.0 Å². The number of hydrogen-bond donors (Lipinski definition) is 2. The molecular weight excluding hydrogens is 308 g/mol. The molecule has 0 unspecified atom stereocenters. The van der Waals surface area contributed by atoms with Crippen molar-refractivity contribution in [2.75, 3.05) is 31.6 Å². The summed E-state index contributed by atoms with van der Waals surface area (Å²) in [5, 5.41) is 11.8. The van der Waals surface area contributed by atoms with Crippen LogP contribution in [0.15, 0.2) is 22.7 Å². The van der Waals surface area contributed by atoms with Crippen LogP contribution in [-0.4, -0.2) is 42.2 Å². The van der Waals surface area contributed by atoms with Gasteiger partial charge in [0.15, 0.2) is 0 Å². The Bertz CT molecular complexity index is 418. The fraction of sp³-hybridized carbons (Fsp3) is 0.500. The van der Waals surface area contributed by atoms with E-state index in [9.17, 15) is 4.79 Å². The Balaban J connectivity index is 2.58. The molecule has 1 aromatic carbocycles. The van der Waals surface area contributed by atoms with Crippen LogP contribution in [0.2, 0.25) is 0 Å². The van der Waals surface area contributed by atoms with E-state index in [-0.39, 0.29) is 12.5 Å². The van der Waals surface area contributed by atoms with Crippen molar-refractivity contribution < 1.29 is 9.90 Å². The van der Waals surface area contributed by atoms with E-state index in [0.29, 0.717) is 13.1 Å². The third kappa shape index (κ3) is 5.72. The van der Waals surface area contributed by atoms with E-state index >= 15 is 0 Å². The number of carbonyl (C=O) groups is 1. The molecule has 0 aliphatic heterocycles. The van der Waals surface area contributed by atoms with Gasteiger partial charge in [0.05, 0.1) is 18.8 Å². The van der Waals surface area contributed by atoms with Crippen LogP contribution in [0.3, 0.4) is 0 Å².